The van der Waals surface area contributed by atoms with Gasteiger partial charge in [0.15, 0.2) is 16.6 Å². The Hall–Kier alpha value is -0.219. The Labute approximate surface area is 127 Å². The van der Waals surface area contributed by atoms with E-state index in [-0.39, 0.29) is 5.97 Å². The predicted molar refractivity (Wildman–Crippen MR) is 91.1 cm³/mol. The summed E-state index contributed by atoms with van der Waals surface area (Å²) in [5, 5.41) is 0. The second-order valence-corrected chi connectivity index (χ2v) is 20.1. The molecule has 0 bridgehead atoms. The van der Waals surface area contributed by atoms with Crippen molar-refractivity contribution in [2.45, 2.75) is 58.8 Å². The quantitative estimate of drug-likeness (QED) is 0.384. The zero-order valence-corrected chi connectivity index (χ0v) is 17.3. The van der Waals surface area contributed by atoms with Crippen LogP contribution in [0.4, 0.5) is 0 Å². The highest BCUT2D eigenvalue weighted by molar-refractivity contribution is 6.87. The van der Waals surface area contributed by atoms with Crippen molar-refractivity contribution >= 4 is 31.2 Å². The average molecular weight is 335 g/mol. The third kappa shape index (κ3) is 9.65. The minimum Gasteiger partial charge on any atom is -0.462 e. The molecule has 0 radical (unpaired) electrons. The molecule has 7 heteroatoms. The van der Waals surface area contributed by atoms with E-state index in [1.54, 1.807) is 6.92 Å². The van der Waals surface area contributed by atoms with Crippen LogP contribution in [0.3, 0.4) is 0 Å². The van der Waals surface area contributed by atoms with Crippen LogP contribution in [0.15, 0.2) is 12.2 Å². The summed E-state index contributed by atoms with van der Waals surface area (Å²) in [4.78, 5) is 11.4. The third-order valence-corrected chi connectivity index (χ3v) is 11.6. The Morgan fingerprint density at radius 2 is 1.35 bits per heavy atom. The Bertz CT molecular complexity index is 340. The molecule has 0 aliphatic heterocycles. The molecule has 0 saturated heterocycles. The van der Waals surface area contributed by atoms with Crippen molar-refractivity contribution < 1.29 is 17.8 Å². The van der Waals surface area contributed by atoms with Gasteiger partial charge in [-0.25, -0.2) is 4.79 Å². The van der Waals surface area contributed by atoms with Gasteiger partial charge in [-0.05, 0) is 52.8 Å². The molecule has 118 valence electrons. The second-order valence-electron chi connectivity index (χ2n) is 7.23. The molecule has 0 aromatic heterocycles. The molecular formula is C13H30O4Si3. The number of rotatable bonds is 8. The molecule has 4 nitrogen and oxygen atoms in total. The molecule has 0 saturated carbocycles. The van der Waals surface area contributed by atoms with E-state index in [9.17, 15) is 4.79 Å². The lowest BCUT2D eigenvalue weighted by atomic mass is 10.4. The number of carbonyl (C=O) groups is 1. The fraction of sp³-hybridized carbons (Fsp3) is 0.769. The normalized spacial score (nSPS) is 13.2. The van der Waals surface area contributed by atoms with Gasteiger partial charge in [0.1, 0.15) is 0 Å². The molecule has 20 heavy (non-hydrogen) atoms. The monoisotopic (exact) mass is 334 g/mol. The predicted octanol–water partition coefficient (Wildman–Crippen LogP) is 3.88. The first-order chi connectivity index (χ1) is 8.74. The van der Waals surface area contributed by atoms with Gasteiger partial charge in [0, 0.05) is 11.6 Å². The highest BCUT2D eigenvalue weighted by atomic mass is 28.5. The van der Waals surface area contributed by atoms with E-state index in [0.717, 1.165) is 0 Å². The lowest BCUT2D eigenvalue weighted by Gasteiger charge is -2.38. The van der Waals surface area contributed by atoms with E-state index < -0.39 is 25.2 Å². The van der Waals surface area contributed by atoms with E-state index >= 15 is 0 Å². The number of hydrogen-bond donors (Lipinski definition) is 0. The van der Waals surface area contributed by atoms with Gasteiger partial charge >= 0.3 is 14.5 Å². The lowest BCUT2D eigenvalue weighted by Crippen LogP contribution is -2.53. The van der Waals surface area contributed by atoms with Crippen LogP contribution in [0.5, 0.6) is 0 Å². The zero-order valence-electron chi connectivity index (χ0n) is 14.3. The molecule has 0 N–H and O–H groups in total. The van der Waals surface area contributed by atoms with Crippen LogP contribution >= 0.6 is 0 Å². The summed E-state index contributed by atoms with van der Waals surface area (Å²) >= 11 is 0. The van der Waals surface area contributed by atoms with Crippen molar-refractivity contribution in [1.82, 2.24) is 0 Å². The molecule has 0 aliphatic rings. The maximum Gasteiger partial charge on any atom is 0.333 e. The maximum absolute atomic E-state index is 11.4. The smallest absolute Gasteiger partial charge is 0.333 e. The van der Waals surface area contributed by atoms with Gasteiger partial charge in [-0.15, -0.1) is 0 Å². The summed E-state index contributed by atoms with van der Waals surface area (Å²) in [6, 6.07) is 0.667. The molecule has 0 aromatic rings. The zero-order chi connectivity index (χ0) is 16.2. The second kappa shape index (κ2) is 7.17. The van der Waals surface area contributed by atoms with Crippen LogP contribution in [0.2, 0.25) is 51.9 Å². The third-order valence-electron chi connectivity index (χ3n) is 2.18. The van der Waals surface area contributed by atoms with Crippen molar-refractivity contribution in [3.8, 4) is 0 Å². The molecule has 0 rings (SSSR count). The molecule has 0 amide bonds. The molecular weight excluding hydrogens is 304 g/mol. The van der Waals surface area contributed by atoms with E-state index in [0.29, 0.717) is 18.2 Å². The van der Waals surface area contributed by atoms with Crippen LogP contribution in [0.25, 0.3) is 0 Å². The van der Waals surface area contributed by atoms with Crippen LogP contribution < -0.4 is 0 Å². The number of ether oxygens (including phenoxy) is 1. The SMILES string of the molecule is C=C(C)C(=O)OCC[Si](C)(O[Si](C)(C)C)O[Si](C)(C)C. The molecule has 0 aliphatic carbocycles. The van der Waals surface area contributed by atoms with Crippen molar-refractivity contribution in [2.75, 3.05) is 6.61 Å². The van der Waals surface area contributed by atoms with Crippen LogP contribution in [0.1, 0.15) is 6.92 Å². The Morgan fingerprint density at radius 3 is 1.65 bits per heavy atom. The van der Waals surface area contributed by atoms with E-state index in [2.05, 4.69) is 52.4 Å². The topological polar surface area (TPSA) is 44.8 Å². The largest absolute Gasteiger partial charge is 0.462 e. The van der Waals surface area contributed by atoms with Gasteiger partial charge in [-0.3, -0.25) is 0 Å². The van der Waals surface area contributed by atoms with E-state index in [4.69, 9.17) is 13.0 Å². The molecule has 0 spiro atoms. The molecule has 0 unspecified atom stereocenters. The first kappa shape index (κ1) is 19.8. The standard InChI is InChI=1S/C13H30O4Si3/c1-12(2)13(14)15-10-11-20(9,16-18(3,4)5)17-19(6,7)8/h1,10-11H2,2-9H3. The summed E-state index contributed by atoms with van der Waals surface area (Å²) in [6.45, 7) is 20.6. The van der Waals surface area contributed by atoms with E-state index in [1.807, 2.05) is 0 Å². The summed E-state index contributed by atoms with van der Waals surface area (Å²) < 4.78 is 17.8. The fourth-order valence-electron chi connectivity index (χ4n) is 1.87. The van der Waals surface area contributed by atoms with Gasteiger partial charge in [0.2, 0.25) is 0 Å². The van der Waals surface area contributed by atoms with E-state index in [1.165, 1.54) is 0 Å². The minimum absolute atomic E-state index is 0.337. The summed E-state index contributed by atoms with van der Waals surface area (Å²) in [5.41, 5.74) is 0.422. The van der Waals surface area contributed by atoms with Gasteiger partial charge in [0.25, 0.3) is 0 Å². The molecule has 0 aromatic carbocycles. The Morgan fingerprint density at radius 1 is 0.950 bits per heavy atom. The molecule has 0 heterocycles. The van der Waals surface area contributed by atoms with Gasteiger partial charge in [-0.1, -0.05) is 6.58 Å². The van der Waals surface area contributed by atoms with Crippen molar-refractivity contribution in [2.24, 2.45) is 0 Å². The van der Waals surface area contributed by atoms with Crippen molar-refractivity contribution in [3.05, 3.63) is 12.2 Å². The Kier molecular flexibility index (Phi) is 7.09. The van der Waals surface area contributed by atoms with Crippen molar-refractivity contribution in [3.63, 3.8) is 0 Å². The average Bonchev–Trinajstić information content (AvgIpc) is 2.10. The van der Waals surface area contributed by atoms with Crippen LogP contribution in [-0.4, -0.2) is 37.8 Å². The molecule has 0 fully saturated rings. The number of carbonyl (C=O) groups excluding carboxylic acids is 1. The number of hydrogen-bond acceptors (Lipinski definition) is 4. The maximum atomic E-state index is 11.4. The van der Waals surface area contributed by atoms with Crippen LogP contribution in [-0.2, 0) is 17.8 Å². The first-order valence-electron chi connectivity index (χ1n) is 6.97. The van der Waals surface area contributed by atoms with Gasteiger partial charge < -0.3 is 13.0 Å². The minimum atomic E-state index is -2.31. The summed E-state index contributed by atoms with van der Waals surface area (Å²) in [7, 11) is -5.69. The van der Waals surface area contributed by atoms with Gasteiger partial charge in [-0.2, -0.15) is 0 Å². The Balaban J connectivity index is 4.70. The lowest BCUT2D eigenvalue weighted by molar-refractivity contribution is -0.138. The van der Waals surface area contributed by atoms with Gasteiger partial charge in [0.05, 0.1) is 6.61 Å². The first-order valence-corrected chi connectivity index (χ1v) is 16.3. The van der Waals surface area contributed by atoms with Crippen molar-refractivity contribution in [1.29, 1.82) is 0 Å². The molecule has 0 atom stereocenters. The number of esters is 1. The summed E-state index contributed by atoms with van der Waals surface area (Å²) in [5.74, 6) is -0.345. The fourth-order valence-corrected chi connectivity index (χ4v) is 14.1. The highest BCUT2D eigenvalue weighted by Crippen LogP contribution is 2.24. The van der Waals surface area contributed by atoms with Crippen LogP contribution in [0, 0.1) is 0 Å². The summed E-state index contributed by atoms with van der Waals surface area (Å²) in [6.07, 6.45) is 0. The highest BCUT2D eigenvalue weighted by Gasteiger charge is 2.40.